The summed E-state index contributed by atoms with van der Waals surface area (Å²) in [5.74, 6) is -2.41. The monoisotopic (exact) mass is 284 g/mol. The van der Waals surface area contributed by atoms with E-state index in [0.717, 1.165) is 6.07 Å². The second kappa shape index (κ2) is 5.32. The van der Waals surface area contributed by atoms with Gasteiger partial charge in [0.2, 0.25) is 5.82 Å². The maximum atomic E-state index is 13.8. The summed E-state index contributed by atoms with van der Waals surface area (Å²) in [6.45, 7) is 0.438. The second-order valence-corrected chi connectivity index (χ2v) is 4.50. The normalized spacial score (nSPS) is 18.1. The summed E-state index contributed by atoms with van der Waals surface area (Å²) < 4.78 is 18.7. The number of rotatable bonds is 4. The number of hydrogen-bond acceptors (Lipinski definition) is 5. The molecule has 1 aromatic rings. The molecular formula is C12H13FN2O5. The number of nitrogens with zero attached hydrogens (tertiary/aromatic N) is 2. The molecule has 7 nitrogen and oxygen atoms in total. The Morgan fingerprint density at radius 2 is 2.30 bits per heavy atom. The molecule has 0 aliphatic carbocycles. The summed E-state index contributed by atoms with van der Waals surface area (Å²) in [5.41, 5.74) is -0.604. The molecule has 0 aromatic heterocycles. The van der Waals surface area contributed by atoms with Gasteiger partial charge in [-0.05, 0) is 6.42 Å². The van der Waals surface area contributed by atoms with Crippen LogP contribution in [-0.4, -0.2) is 36.2 Å². The number of methoxy groups -OCH3 is 1. The van der Waals surface area contributed by atoms with Gasteiger partial charge in [-0.25, -0.2) is 0 Å². The van der Waals surface area contributed by atoms with Crippen molar-refractivity contribution >= 4 is 17.3 Å². The molecular weight excluding hydrogens is 271 g/mol. The van der Waals surface area contributed by atoms with Crippen molar-refractivity contribution in [3.05, 3.63) is 28.1 Å². The molecule has 1 aliphatic heterocycles. The quantitative estimate of drug-likeness (QED) is 0.667. The Morgan fingerprint density at radius 1 is 1.60 bits per heavy atom. The number of nitro benzene ring substituents is 1. The van der Waals surface area contributed by atoms with E-state index in [-0.39, 0.29) is 18.0 Å². The molecule has 20 heavy (non-hydrogen) atoms. The molecule has 1 saturated heterocycles. The molecule has 1 heterocycles. The van der Waals surface area contributed by atoms with Gasteiger partial charge in [0.1, 0.15) is 11.4 Å². The maximum absolute atomic E-state index is 13.8. The smallest absolute Gasteiger partial charge is 0.328 e. The SMILES string of the molecule is COc1cc(F)c([N+](=O)[O-])c(N2CCC(C(=O)O)C2)c1. The highest BCUT2D eigenvalue weighted by Gasteiger charge is 2.33. The zero-order chi connectivity index (χ0) is 14.9. The second-order valence-electron chi connectivity index (χ2n) is 4.50. The largest absolute Gasteiger partial charge is 0.497 e. The van der Waals surface area contributed by atoms with Crippen LogP contribution in [0.2, 0.25) is 0 Å². The van der Waals surface area contributed by atoms with Gasteiger partial charge >= 0.3 is 11.7 Å². The molecule has 0 spiro atoms. The van der Waals surface area contributed by atoms with Crippen molar-refractivity contribution < 1.29 is 24.0 Å². The number of carboxylic acids is 1. The zero-order valence-electron chi connectivity index (χ0n) is 10.7. The van der Waals surface area contributed by atoms with E-state index in [4.69, 9.17) is 9.84 Å². The van der Waals surface area contributed by atoms with E-state index in [1.54, 1.807) is 0 Å². The molecule has 1 N–H and O–H groups in total. The fourth-order valence-corrected chi connectivity index (χ4v) is 2.28. The molecule has 0 radical (unpaired) electrons. The highest BCUT2D eigenvalue weighted by Crippen LogP contribution is 2.37. The summed E-state index contributed by atoms with van der Waals surface area (Å²) in [6, 6.07) is 2.29. The number of benzene rings is 1. The Morgan fingerprint density at radius 3 is 2.80 bits per heavy atom. The lowest BCUT2D eigenvalue weighted by atomic mass is 10.1. The number of anilines is 1. The van der Waals surface area contributed by atoms with Crippen molar-refractivity contribution in [1.82, 2.24) is 0 Å². The number of aliphatic carboxylic acids is 1. The van der Waals surface area contributed by atoms with Crippen molar-refractivity contribution in [2.75, 3.05) is 25.1 Å². The Kier molecular flexibility index (Phi) is 3.73. The van der Waals surface area contributed by atoms with Gasteiger partial charge in [0.15, 0.2) is 0 Å². The lowest BCUT2D eigenvalue weighted by Gasteiger charge is -2.19. The van der Waals surface area contributed by atoms with Gasteiger partial charge in [0.05, 0.1) is 18.0 Å². The fraction of sp³-hybridized carbons (Fsp3) is 0.417. The van der Waals surface area contributed by atoms with E-state index in [9.17, 15) is 19.3 Å². The molecule has 0 saturated carbocycles. The van der Waals surface area contributed by atoms with Gasteiger partial charge in [0.25, 0.3) is 0 Å². The van der Waals surface area contributed by atoms with Crippen LogP contribution in [0.25, 0.3) is 0 Å². The van der Waals surface area contributed by atoms with E-state index in [0.29, 0.717) is 13.0 Å². The first-order valence-electron chi connectivity index (χ1n) is 5.93. The number of carbonyl (C=O) groups is 1. The molecule has 0 bridgehead atoms. The molecule has 1 atom stereocenters. The molecule has 1 aliphatic rings. The molecule has 2 rings (SSSR count). The molecule has 1 fully saturated rings. The number of carboxylic acid groups (broad SMARTS) is 1. The Balaban J connectivity index is 2.42. The van der Waals surface area contributed by atoms with Gasteiger partial charge in [-0.15, -0.1) is 0 Å². The minimum atomic E-state index is -0.997. The number of nitro groups is 1. The number of ether oxygens (including phenoxy) is 1. The lowest BCUT2D eigenvalue weighted by molar-refractivity contribution is -0.386. The standard InChI is InChI=1S/C12H13FN2O5/c1-20-8-4-9(13)11(15(18)19)10(5-8)14-3-2-7(6-14)12(16)17/h4-5,7H,2-3,6H2,1H3,(H,16,17). The van der Waals surface area contributed by atoms with Gasteiger partial charge in [-0.3, -0.25) is 14.9 Å². The molecule has 0 amide bonds. The third kappa shape index (κ3) is 2.49. The van der Waals surface area contributed by atoms with Crippen LogP contribution in [0.3, 0.4) is 0 Å². The summed E-state index contributed by atoms with van der Waals surface area (Å²) in [4.78, 5) is 22.6. The highest BCUT2D eigenvalue weighted by atomic mass is 19.1. The average Bonchev–Trinajstić information content (AvgIpc) is 2.86. The van der Waals surface area contributed by atoms with E-state index in [1.165, 1.54) is 18.1 Å². The minimum Gasteiger partial charge on any atom is -0.497 e. The third-order valence-corrected chi connectivity index (χ3v) is 3.31. The van der Waals surface area contributed by atoms with Gasteiger partial charge in [-0.2, -0.15) is 4.39 Å². The predicted molar refractivity (Wildman–Crippen MR) is 67.6 cm³/mol. The van der Waals surface area contributed by atoms with Crippen molar-refractivity contribution in [2.45, 2.75) is 6.42 Å². The Hall–Kier alpha value is -2.38. The Labute approximate surface area is 113 Å². The van der Waals surface area contributed by atoms with Crippen LogP contribution in [0.15, 0.2) is 12.1 Å². The third-order valence-electron chi connectivity index (χ3n) is 3.31. The van der Waals surface area contributed by atoms with Crippen molar-refractivity contribution in [2.24, 2.45) is 5.92 Å². The summed E-state index contributed by atoms with van der Waals surface area (Å²) in [6.07, 6.45) is 0.366. The first-order chi connectivity index (χ1) is 9.43. The maximum Gasteiger partial charge on any atom is 0.328 e. The van der Waals surface area contributed by atoms with Crippen LogP contribution < -0.4 is 9.64 Å². The first kappa shape index (κ1) is 14.0. The lowest BCUT2D eigenvalue weighted by Crippen LogP contribution is -2.23. The summed E-state index contributed by atoms with van der Waals surface area (Å²) in [7, 11) is 1.33. The minimum absolute atomic E-state index is 0.0515. The topological polar surface area (TPSA) is 92.9 Å². The van der Waals surface area contributed by atoms with Crippen LogP contribution in [0.4, 0.5) is 15.8 Å². The predicted octanol–water partition coefficient (Wildman–Crippen LogP) is 1.65. The van der Waals surface area contributed by atoms with Crippen LogP contribution in [0.5, 0.6) is 5.75 Å². The van der Waals surface area contributed by atoms with Gasteiger partial charge in [-0.1, -0.05) is 0 Å². The van der Waals surface area contributed by atoms with Crippen molar-refractivity contribution in [3.63, 3.8) is 0 Å². The van der Waals surface area contributed by atoms with Crippen LogP contribution in [0, 0.1) is 21.8 Å². The molecule has 8 heteroatoms. The molecule has 1 unspecified atom stereocenters. The van der Waals surface area contributed by atoms with E-state index in [1.807, 2.05) is 0 Å². The number of hydrogen-bond donors (Lipinski definition) is 1. The first-order valence-corrected chi connectivity index (χ1v) is 5.93. The summed E-state index contributed by atoms with van der Waals surface area (Å²) >= 11 is 0. The van der Waals surface area contributed by atoms with Crippen LogP contribution >= 0.6 is 0 Å². The molecule has 1 aromatic carbocycles. The number of halogens is 1. The highest BCUT2D eigenvalue weighted by molar-refractivity contribution is 5.74. The summed E-state index contributed by atoms with van der Waals surface area (Å²) in [5, 5.41) is 19.9. The van der Waals surface area contributed by atoms with E-state index < -0.39 is 28.3 Å². The fourth-order valence-electron chi connectivity index (χ4n) is 2.28. The zero-order valence-corrected chi connectivity index (χ0v) is 10.7. The van der Waals surface area contributed by atoms with Crippen molar-refractivity contribution in [3.8, 4) is 5.75 Å². The van der Waals surface area contributed by atoms with Crippen LogP contribution in [-0.2, 0) is 4.79 Å². The average molecular weight is 284 g/mol. The van der Waals surface area contributed by atoms with Gasteiger partial charge in [0, 0.05) is 25.2 Å². The van der Waals surface area contributed by atoms with E-state index >= 15 is 0 Å². The van der Waals surface area contributed by atoms with Gasteiger partial charge < -0.3 is 14.7 Å². The molecule has 108 valence electrons. The Bertz CT molecular complexity index is 563. The van der Waals surface area contributed by atoms with Crippen LogP contribution in [0.1, 0.15) is 6.42 Å². The van der Waals surface area contributed by atoms with Crippen molar-refractivity contribution in [1.29, 1.82) is 0 Å². The van der Waals surface area contributed by atoms with E-state index in [2.05, 4.69) is 0 Å².